The first-order valence-electron chi connectivity index (χ1n) is 5.87. The van der Waals surface area contributed by atoms with E-state index >= 15 is 0 Å². The molecule has 0 spiro atoms. The molecule has 0 saturated heterocycles. The Bertz CT molecular complexity index is 530. The van der Waals surface area contributed by atoms with Gasteiger partial charge < -0.3 is 4.42 Å². The Hall–Kier alpha value is -1.84. The number of aryl methyl sites for hydroxylation is 1. The van der Waals surface area contributed by atoms with Gasteiger partial charge in [0.2, 0.25) is 0 Å². The predicted molar refractivity (Wildman–Crippen MR) is 66.1 cm³/mol. The quantitative estimate of drug-likeness (QED) is 0.444. The molecule has 1 heterocycles. The normalized spacial score (nSPS) is 10.9. The van der Waals surface area contributed by atoms with E-state index in [1.807, 2.05) is 6.07 Å². The van der Waals surface area contributed by atoms with Crippen LogP contribution in [0, 0.1) is 10.1 Å². The maximum Gasteiger partial charge on any atom is 0.270 e. The predicted octanol–water partition coefficient (Wildman–Crippen LogP) is 4.07. The molecule has 0 unspecified atom stereocenters. The number of nitro benzene ring substituents is 1. The molecule has 2 rings (SSSR count). The molecule has 0 fully saturated rings. The molecule has 0 amide bonds. The first kappa shape index (κ1) is 11.6. The number of benzene rings is 1. The Balaban J connectivity index is 2.21. The van der Waals surface area contributed by atoms with Crippen LogP contribution in [0.1, 0.15) is 31.9 Å². The lowest BCUT2D eigenvalue weighted by molar-refractivity contribution is -0.384. The average Bonchev–Trinajstić information content (AvgIpc) is 2.70. The number of fused-ring (bicyclic) bond motifs is 1. The maximum absolute atomic E-state index is 10.6. The summed E-state index contributed by atoms with van der Waals surface area (Å²) in [5, 5.41) is 11.4. The molecule has 0 N–H and O–H groups in total. The Labute approximate surface area is 99.4 Å². The first-order chi connectivity index (χ1) is 8.20. The van der Waals surface area contributed by atoms with Gasteiger partial charge in [-0.2, -0.15) is 0 Å². The summed E-state index contributed by atoms with van der Waals surface area (Å²) < 4.78 is 5.63. The zero-order valence-corrected chi connectivity index (χ0v) is 9.81. The summed E-state index contributed by atoms with van der Waals surface area (Å²) in [6, 6.07) is 6.60. The Morgan fingerprint density at radius 2 is 2.12 bits per heavy atom. The number of hydrogen-bond donors (Lipinski definition) is 0. The third kappa shape index (κ3) is 2.64. The van der Waals surface area contributed by atoms with Crippen molar-refractivity contribution in [3.8, 4) is 0 Å². The van der Waals surface area contributed by atoms with Crippen LogP contribution in [0.25, 0.3) is 11.0 Å². The van der Waals surface area contributed by atoms with Gasteiger partial charge in [-0.05, 0) is 18.6 Å². The second-order valence-electron chi connectivity index (χ2n) is 4.15. The fourth-order valence-electron chi connectivity index (χ4n) is 1.87. The number of nitrogens with zero attached hydrogens (tertiary/aromatic N) is 1. The van der Waals surface area contributed by atoms with Crippen LogP contribution in [-0.4, -0.2) is 4.92 Å². The molecule has 4 nitrogen and oxygen atoms in total. The van der Waals surface area contributed by atoms with Gasteiger partial charge in [-0.25, -0.2) is 0 Å². The number of furan rings is 1. The summed E-state index contributed by atoms with van der Waals surface area (Å²) in [5.74, 6) is 0.911. The first-order valence-corrected chi connectivity index (χ1v) is 5.87. The highest BCUT2D eigenvalue weighted by Gasteiger charge is 2.09. The summed E-state index contributed by atoms with van der Waals surface area (Å²) in [7, 11) is 0. The van der Waals surface area contributed by atoms with Crippen molar-refractivity contribution in [1.29, 1.82) is 0 Å². The Morgan fingerprint density at radius 1 is 1.29 bits per heavy atom. The molecule has 0 saturated carbocycles. The minimum atomic E-state index is -0.386. The van der Waals surface area contributed by atoms with E-state index in [-0.39, 0.29) is 10.6 Å². The third-order valence-electron chi connectivity index (χ3n) is 2.79. The van der Waals surface area contributed by atoms with Crippen molar-refractivity contribution in [2.75, 3.05) is 0 Å². The van der Waals surface area contributed by atoms with Crippen LogP contribution in [0.5, 0.6) is 0 Å². The van der Waals surface area contributed by atoms with Gasteiger partial charge in [-0.15, -0.1) is 0 Å². The molecule has 90 valence electrons. The van der Waals surface area contributed by atoms with Gasteiger partial charge >= 0.3 is 0 Å². The van der Waals surface area contributed by atoms with E-state index in [2.05, 4.69) is 6.92 Å². The molecule has 0 aliphatic heterocycles. The highest BCUT2D eigenvalue weighted by molar-refractivity contribution is 5.80. The molecular weight excluding hydrogens is 218 g/mol. The average molecular weight is 233 g/mol. The van der Waals surface area contributed by atoms with Crippen LogP contribution in [-0.2, 0) is 6.42 Å². The minimum absolute atomic E-state index is 0.110. The zero-order chi connectivity index (χ0) is 12.3. The summed E-state index contributed by atoms with van der Waals surface area (Å²) in [4.78, 5) is 10.3. The monoisotopic (exact) mass is 233 g/mol. The topological polar surface area (TPSA) is 56.3 Å². The number of hydrogen-bond acceptors (Lipinski definition) is 3. The van der Waals surface area contributed by atoms with E-state index < -0.39 is 0 Å². The number of non-ortho nitro benzene ring substituents is 1. The standard InChI is InChI=1S/C13H15NO3/c1-2-3-4-5-12-9-10-8-11(14(15)16)6-7-13(10)17-12/h6-9H,2-5H2,1H3. The van der Waals surface area contributed by atoms with Crippen molar-refractivity contribution in [2.45, 2.75) is 32.6 Å². The van der Waals surface area contributed by atoms with E-state index in [4.69, 9.17) is 4.42 Å². The fraction of sp³-hybridized carbons (Fsp3) is 0.385. The van der Waals surface area contributed by atoms with Gasteiger partial charge in [-0.3, -0.25) is 10.1 Å². The van der Waals surface area contributed by atoms with Crippen LogP contribution in [0.2, 0.25) is 0 Å². The molecular formula is C13H15NO3. The molecule has 0 aliphatic carbocycles. The Kier molecular flexibility index (Phi) is 3.42. The zero-order valence-electron chi connectivity index (χ0n) is 9.81. The highest BCUT2D eigenvalue weighted by Crippen LogP contribution is 2.25. The summed E-state index contributed by atoms with van der Waals surface area (Å²) >= 11 is 0. The molecule has 1 aromatic carbocycles. The summed E-state index contributed by atoms with van der Waals surface area (Å²) in [6.07, 6.45) is 4.34. The minimum Gasteiger partial charge on any atom is -0.461 e. The molecule has 0 radical (unpaired) electrons. The van der Waals surface area contributed by atoms with E-state index in [9.17, 15) is 10.1 Å². The maximum atomic E-state index is 10.6. The lowest BCUT2D eigenvalue weighted by Crippen LogP contribution is -1.85. The van der Waals surface area contributed by atoms with Gasteiger partial charge in [0.1, 0.15) is 11.3 Å². The van der Waals surface area contributed by atoms with Gasteiger partial charge in [0.25, 0.3) is 5.69 Å². The van der Waals surface area contributed by atoms with Crippen molar-refractivity contribution in [2.24, 2.45) is 0 Å². The van der Waals surface area contributed by atoms with Crippen molar-refractivity contribution in [3.05, 3.63) is 40.1 Å². The van der Waals surface area contributed by atoms with Gasteiger partial charge in [0, 0.05) is 23.9 Å². The van der Waals surface area contributed by atoms with E-state index in [0.717, 1.165) is 29.6 Å². The van der Waals surface area contributed by atoms with E-state index in [1.54, 1.807) is 12.1 Å². The molecule has 0 atom stereocenters. The van der Waals surface area contributed by atoms with Crippen LogP contribution in [0.4, 0.5) is 5.69 Å². The molecule has 1 aromatic heterocycles. The van der Waals surface area contributed by atoms with E-state index in [0.29, 0.717) is 0 Å². The fourth-order valence-corrected chi connectivity index (χ4v) is 1.87. The van der Waals surface area contributed by atoms with Gasteiger partial charge in [-0.1, -0.05) is 19.8 Å². The van der Waals surface area contributed by atoms with Crippen LogP contribution in [0.3, 0.4) is 0 Å². The third-order valence-corrected chi connectivity index (χ3v) is 2.79. The van der Waals surface area contributed by atoms with Crippen LogP contribution < -0.4 is 0 Å². The lowest BCUT2D eigenvalue weighted by Gasteiger charge is -1.93. The largest absolute Gasteiger partial charge is 0.461 e. The smallest absolute Gasteiger partial charge is 0.270 e. The van der Waals surface area contributed by atoms with Gasteiger partial charge in [0.05, 0.1) is 4.92 Å². The SMILES string of the molecule is CCCCCc1cc2cc([N+](=O)[O-])ccc2o1. The van der Waals surface area contributed by atoms with Crippen molar-refractivity contribution in [3.63, 3.8) is 0 Å². The van der Waals surface area contributed by atoms with Crippen molar-refractivity contribution < 1.29 is 9.34 Å². The van der Waals surface area contributed by atoms with Crippen LogP contribution in [0.15, 0.2) is 28.7 Å². The Morgan fingerprint density at radius 3 is 2.82 bits per heavy atom. The molecule has 2 aromatic rings. The second kappa shape index (κ2) is 4.99. The number of rotatable bonds is 5. The molecule has 17 heavy (non-hydrogen) atoms. The highest BCUT2D eigenvalue weighted by atomic mass is 16.6. The van der Waals surface area contributed by atoms with Crippen molar-refractivity contribution in [1.82, 2.24) is 0 Å². The lowest BCUT2D eigenvalue weighted by atomic mass is 10.1. The van der Waals surface area contributed by atoms with Crippen molar-refractivity contribution >= 4 is 16.7 Å². The second-order valence-corrected chi connectivity index (χ2v) is 4.15. The molecule has 0 aliphatic rings. The summed E-state index contributed by atoms with van der Waals surface area (Å²) in [5.41, 5.74) is 0.834. The molecule has 0 bridgehead atoms. The van der Waals surface area contributed by atoms with E-state index in [1.165, 1.54) is 18.9 Å². The molecule has 4 heteroatoms. The number of unbranched alkanes of at least 4 members (excludes halogenated alkanes) is 2. The number of nitro groups is 1. The van der Waals surface area contributed by atoms with Gasteiger partial charge in [0.15, 0.2) is 0 Å². The van der Waals surface area contributed by atoms with Crippen LogP contribution >= 0.6 is 0 Å². The summed E-state index contributed by atoms with van der Waals surface area (Å²) in [6.45, 7) is 2.15.